The Morgan fingerprint density at radius 3 is 2.81 bits per heavy atom. The molecule has 4 nitrogen and oxygen atoms in total. The zero-order chi connectivity index (χ0) is 12.1. The third-order valence-electron chi connectivity index (χ3n) is 1.89. The SMILES string of the molecule is CC(=O)SCC(O)C(O)c1cncc(Br)c1. The normalized spacial score (nSPS) is 14.5. The summed E-state index contributed by atoms with van der Waals surface area (Å²) in [6.45, 7) is 1.42. The minimum Gasteiger partial charge on any atom is -0.389 e. The summed E-state index contributed by atoms with van der Waals surface area (Å²) in [5.74, 6) is 0.170. The summed E-state index contributed by atoms with van der Waals surface area (Å²) in [6, 6.07) is 1.68. The number of pyridine rings is 1. The number of hydrogen-bond donors (Lipinski definition) is 2. The highest BCUT2D eigenvalue weighted by Crippen LogP contribution is 2.21. The van der Waals surface area contributed by atoms with E-state index in [1.165, 1.54) is 13.1 Å². The van der Waals surface area contributed by atoms with Gasteiger partial charge in [0.25, 0.3) is 0 Å². The maximum absolute atomic E-state index is 10.7. The second-order valence-corrected chi connectivity index (χ2v) is 5.36. The topological polar surface area (TPSA) is 70.4 Å². The monoisotopic (exact) mass is 305 g/mol. The van der Waals surface area contributed by atoms with Crippen molar-refractivity contribution < 1.29 is 15.0 Å². The lowest BCUT2D eigenvalue weighted by Gasteiger charge is -2.16. The van der Waals surface area contributed by atoms with E-state index in [1.807, 2.05) is 0 Å². The molecule has 1 heterocycles. The molecule has 0 fully saturated rings. The van der Waals surface area contributed by atoms with E-state index in [4.69, 9.17) is 0 Å². The fourth-order valence-corrected chi connectivity index (χ4v) is 2.08. The van der Waals surface area contributed by atoms with Crippen molar-refractivity contribution in [2.45, 2.75) is 19.1 Å². The number of halogens is 1. The minimum atomic E-state index is -1.03. The van der Waals surface area contributed by atoms with Crippen LogP contribution in [0.4, 0.5) is 0 Å². The van der Waals surface area contributed by atoms with Gasteiger partial charge in [-0.25, -0.2) is 0 Å². The van der Waals surface area contributed by atoms with Crippen LogP contribution in [0.3, 0.4) is 0 Å². The summed E-state index contributed by atoms with van der Waals surface area (Å²) in [4.78, 5) is 14.6. The number of aliphatic hydroxyl groups is 2. The van der Waals surface area contributed by atoms with Gasteiger partial charge in [-0.1, -0.05) is 11.8 Å². The summed E-state index contributed by atoms with van der Waals surface area (Å²) < 4.78 is 0.732. The molecule has 88 valence electrons. The van der Waals surface area contributed by atoms with Crippen LogP contribution in [0.1, 0.15) is 18.6 Å². The number of carbonyl (C=O) groups excluding carboxylic acids is 1. The zero-order valence-corrected chi connectivity index (χ0v) is 11.0. The van der Waals surface area contributed by atoms with E-state index in [1.54, 1.807) is 12.3 Å². The zero-order valence-electron chi connectivity index (χ0n) is 8.63. The Bertz CT molecular complexity index is 375. The summed E-state index contributed by atoms with van der Waals surface area (Å²) in [7, 11) is 0. The van der Waals surface area contributed by atoms with Crippen molar-refractivity contribution in [1.82, 2.24) is 4.98 Å². The molecule has 0 saturated carbocycles. The van der Waals surface area contributed by atoms with Crippen LogP contribution in [0.25, 0.3) is 0 Å². The quantitative estimate of drug-likeness (QED) is 0.882. The van der Waals surface area contributed by atoms with Crippen LogP contribution in [-0.2, 0) is 4.79 Å². The molecule has 6 heteroatoms. The molecular weight excluding hydrogens is 294 g/mol. The predicted molar refractivity (Wildman–Crippen MR) is 66.0 cm³/mol. The number of aliphatic hydroxyl groups excluding tert-OH is 2. The molecule has 0 aliphatic carbocycles. The molecule has 1 aromatic heterocycles. The molecule has 0 bridgehead atoms. The Kier molecular flexibility index (Phi) is 5.40. The molecule has 0 aliphatic heterocycles. The van der Waals surface area contributed by atoms with Gasteiger partial charge in [0.1, 0.15) is 6.10 Å². The summed E-state index contributed by atoms with van der Waals surface area (Å²) in [5, 5.41) is 19.4. The second kappa shape index (κ2) is 6.34. The number of aromatic nitrogens is 1. The van der Waals surface area contributed by atoms with Gasteiger partial charge in [-0.3, -0.25) is 9.78 Å². The molecule has 0 aliphatic rings. The number of hydrogen-bond acceptors (Lipinski definition) is 5. The molecule has 0 saturated heterocycles. The maximum atomic E-state index is 10.7. The largest absolute Gasteiger partial charge is 0.389 e. The van der Waals surface area contributed by atoms with Crippen molar-refractivity contribution in [2.24, 2.45) is 0 Å². The van der Waals surface area contributed by atoms with Crippen molar-refractivity contribution in [2.75, 3.05) is 5.75 Å². The van der Waals surface area contributed by atoms with Crippen LogP contribution >= 0.6 is 27.7 Å². The molecular formula is C10H12BrNO3S. The van der Waals surface area contributed by atoms with E-state index in [0.29, 0.717) is 5.56 Å². The first-order valence-electron chi connectivity index (χ1n) is 4.60. The van der Waals surface area contributed by atoms with E-state index in [0.717, 1.165) is 16.2 Å². The molecule has 2 atom stereocenters. The van der Waals surface area contributed by atoms with Crippen LogP contribution in [0.2, 0.25) is 0 Å². The molecule has 0 amide bonds. The fraction of sp³-hybridized carbons (Fsp3) is 0.400. The van der Waals surface area contributed by atoms with Crippen molar-refractivity contribution in [1.29, 1.82) is 0 Å². The molecule has 0 aromatic carbocycles. The summed E-state index contributed by atoms with van der Waals surface area (Å²) >= 11 is 4.21. The number of nitrogens with zero attached hydrogens (tertiary/aromatic N) is 1. The lowest BCUT2D eigenvalue weighted by atomic mass is 10.1. The molecule has 1 aromatic rings. The lowest BCUT2D eigenvalue weighted by molar-refractivity contribution is -0.109. The average molecular weight is 306 g/mol. The molecule has 2 N–H and O–H groups in total. The van der Waals surface area contributed by atoms with Crippen LogP contribution in [0.5, 0.6) is 0 Å². The van der Waals surface area contributed by atoms with E-state index in [2.05, 4.69) is 20.9 Å². The van der Waals surface area contributed by atoms with Gasteiger partial charge in [-0.05, 0) is 22.0 Å². The van der Waals surface area contributed by atoms with Crippen molar-refractivity contribution in [3.05, 3.63) is 28.5 Å². The first-order valence-corrected chi connectivity index (χ1v) is 6.38. The summed E-state index contributed by atoms with van der Waals surface area (Å²) in [5.41, 5.74) is 0.519. The highest BCUT2D eigenvalue weighted by atomic mass is 79.9. The van der Waals surface area contributed by atoms with E-state index >= 15 is 0 Å². The van der Waals surface area contributed by atoms with Crippen LogP contribution in [0.15, 0.2) is 22.9 Å². The van der Waals surface area contributed by atoms with E-state index < -0.39 is 12.2 Å². The number of carbonyl (C=O) groups is 1. The number of thioether (sulfide) groups is 1. The highest BCUT2D eigenvalue weighted by molar-refractivity contribution is 9.10. The summed E-state index contributed by atoms with van der Waals surface area (Å²) in [6.07, 6.45) is 1.06. The molecule has 1 rings (SSSR count). The standard InChI is InChI=1S/C10H12BrNO3S/c1-6(13)16-5-9(14)10(15)7-2-8(11)4-12-3-7/h2-4,9-10,14-15H,5H2,1H3. The Hall–Kier alpha value is -0.430. The second-order valence-electron chi connectivity index (χ2n) is 3.25. The minimum absolute atomic E-state index is 0.0846. The van der Waals surface area contributed by atoms with Gasteiger partial charge < -0.3 is 10.2 Å². The Morgan fingerprint density at radius 2 is 2.25 bits per heavy atom. The first kappa shape index (κ1) is 13.6. The molecule has 2 unspecified atom stereocenters. The Balaban J connectivity index is 2.62. The van der Waals surface area contributed by atoms with Crippen molar-refractivity contribution >= 4 is 32.8 Å². The van der Waals surface area contributed by atoms with Gasteiger partial charge >= 0.3 is 0 Å². The maximum Gasteiger partial charge on any atom is 0.185 e. The van der Waals surface area contributed by atoms with Crippen molar-refractivity contribution in [3.63, 3.8) is 0 Å². The third-order valence-corrected chi connectivity index (χ3v) is 3.24. The molecule has 0 spiro atoms. The Labute approximate surface area is 106 Å². The van der Waals surface area contributed by atoms with Gasteiger partial charge in [0.2, 0.25) is 0 Å². The predicted octanol–water partition coefficient (Wildman–Crippen LogP) is 1.52. The van der Waals surface area contributed by atoms with Crippen LogP contribution in [0, 0.1) is 0 Å². The first-order chi connectivity index (χ1) is 7.50. The lowest BCUT2D eigenvalue weighted by Crippen LogP contribution is -2.21. The van der Waals surface area contributed by atoms with Crippen molar-refractivity contribution in [3.8, 4) is 0 Å². The average Bonchev–Trinajstić information content (AvgIpc) is 2.24. The Morgan fingerprint density at radius 1 is 1.56 bits per heavy atom. The smallest absolute Gasteiger partial charge is 0.185 e. The van der Waals surface area contributed by atoms with Crippen LogP contribution in [-0.4, -0.2) is 32.2 Å². The van der Waals surface area contributed by atoms with Crippen LogP contribution < -0.4 is 0 Å². The van der Waals surface area contributed by atoms with Gasteiger partial charge in [0.15, 0.2) is 5.12 Å². The van der Waals surface area contributed by atoms with E-state index in [-0.39, 0.29) is 10.9 Å². The van der Waals surface area contributed by atoms with Gasteiger partial charge in [-0.2, -0.15) is 0 Å². The van der Waals surface area contributed by atoms with Gasteiger partial charge in [0, 0.05) is 35.1 Å². The molecule has 0 radical (unpaired) electrons. The highest BCUT2D eigenvalue weighted by Gasteiger charge is 2.19. The van der Waals surface area contributed by atoms with E-state index in [9.17, 15) is 15.0 Å². The van der Waals surface area contributed by atoms with Gasteiger partial charge in [-0.15, -0.1) is 0 Å². The van der Waals surface area contributed by atoms with Gasteiger partial charge in [0.05, 0.1) is 6.10 Å². The molecule has 16 heavy (non-hydrogen) atoms. The number of rotatable bonds is 4. The third kappa shape index (κ3) is 4.21. The fourth-order valence-electron chi connectivity index (χ4n) is 1.11.